The van der Waals surface area contributed by atoms with Gasteiger partial charge in [-0.3, -0.25) is 9.48 Å². The Labute approximate surface area is 154 Å². The van der Waals surface area contributed by atoms with Crippen LogP contribution in [0, 0.1) is 6.92 Å². The molecule has 5 nitrogen and oxygen atoms in total. The van der Waals surface area contributed by atoms with Crippen molar-refractivity contribution in [3.63, 3.8) is 0 Å². The first kappa shape index (κ1) is 17.0. The minimum Gasteiger partial charge on any atom is -0.336 e. The number of benzene rings is 1. The fourth-order valence-electron chi connectivity index (χ4n) is 4.67. The fourth-order valence-corrected chi connectivity index (χ4v) is 4.67. The first-order valence-electron chi connectivity index (χ1n) is 9.38. The third-order valence-corrected chi connectivity index (χ3v) is 5.77. The third kappa shape index (κ3) is 2.76. The molecule has 2 saturated heterocycles. The summed E-state index contributed by atoms with van der Waals surface area (Å²) in [7, 11) is 0. The summed E-state index contributed by atoms with van der Waals surface area (Å²) in [6.07, 6.45) is 6.45. The smallest absolute Gasteiger partial charge is 0.223 e. The normalized spacial score (nSPS) is 25.3. The van der Waals surface area contributed by atoms with Crippen LogP contribution in [0.3, 0.4) is 0 Å². The zero-order valence-corrected chi connectivity index (χ0v) is 15.3. The molecule has 0 aliphatic carbocycles. The molecule has 0 radical (unpaired) electrons. The van der Waals surface area contributed by atoms with Crippen LogP contribution in [-0.2, 0) is 16.9 Å². The molecule has 5 heteroatoms. The maximum Gasteiger partial charge on any atom is 0.223 e. The molecule has 1 aromatic carbocycles. The van der Waals surface area contributed by atoms with Crippen molar-refractivity contribution in [2.45, 2.75) is 44.3 Å². The molecule has 2 aliphatic heterocycles. The van der Waals surface area contributed by atoms with Gasteiger partial charge in [0, 0.05) is 31.3 Å². The molecule has 0 saturated carbocycles. The number of carbonyl (C=O) groups is 1. The Kier molecular flexibility index (Phi) is 4.41. The summed E-state index contributed by atoms with van der Waals surface area (Å²) in [6, 6.07) is 10.5. The van der Waals surface area contributed by atoms with E-state index in [0.29, 0.717) is 6.42 Å². The zero-order valence-electron chi connectivity index (χ0n) is 15.3. The Morgan fingerprint density at radius 3 is 2.96 bits per heavy atom. The van der Waals surface area contributed by atoms with Gasteiger partial charge in [-0.05, 0) is 25.3 Å². The molecular weight excluding hydrogens is 324 g/mol. The van der Waals surface area contributed by atoms with Crippen LogP contribution in [0.25, 0.3) is 0 Å². The molecule has 1 N–H and O–H groups in total. The van der Waals surface area contributed by atoms with Crippen LogP contribution in [0.4, 0.5) is 0 Å². The van der Waals surface area contributed by atoms with Crippen molar-refractivity contribution in [3.05, 3.63) is 66.0 Å². The second kappa shape index (κ2) is 6.72. The monoisotopic (exact) mass is 350 g/mol. The zero-order chi connectivity index (χ0) is 18.1. The van der Waals surface area contributed by atoms with Gasteiger partial charge >= 0.3 is 0 Å². The minimum atomic E-state index is -0.287. The van der Waals surface area contributed by atoms with Gasteiger partial charge < -0.3 is 10.2 Å². The summed E-state index contributed by atoms with van der Waals surface area (Å²) in [5.74, 6) is 0.277. The topological polar surface area (TPSA) is 50.2 Å². The van der Waals surface area contributed by atoms with Gasteiger partial charge in [0.2, 0.25) is 5.91 Å². The van der Waals surface area contributed by atoms with E-state index < -0.39 is 0 Å². The van der Waals surface area contributed by atoms with Crippen molar-refractivity contribution in [2.75, 3.05) is 13.1 Å². The molecule has 1 aromatic heterocycles. The average molecular weight is 350 g/mol. The number of rotatable bonds is 5. The van der Waals surface area contributed by atoms with Crippen LogP contribution in [0.15, 0.2) is 49.2 Å². The quantitative estimate of drug-likeness (QED) is 0.844. The van der Waals surface area contributed by atoms with Crippen molar-refractivity contribution in [1.82, 2.24) is 20.0 Å². The maximum atomic E-state index is 12.3. The standard InChI is InChI=1S/C21H26N4O/c1-3-11-21(19-9-10-20(26)25(19)13-12-22-21)18-15-24(23-16(18)2)14-17-7-5-4-6-8-17/h3-8,15,19,22H,1,9-14H2,2H3. The van der Waals surface area contributed by atoms with Crippen molar-refractivity contribution >= 4 is 5.91 Å². The van der Waals surface area contributed by atoms with Crippen LogP contribution in [0.2, 0.25) is 0 Å². The molecule has 2 aromatic rings. The van der Waals surface area contributed by atoms with E-state index in [-0.39, 0.29) is 17.5 Å². The number of nitrogens with one attached hydrogen (secondary N) is 1. The molecule has 26 heavy (non-hydrogen) atoms. The number of aryl methyl sites for hydroxylation is 1. The molecule has 0 spiro atoms. The molecule has 2 atom stereocenters. The lowest BCUT2D eigenvalue weighted by Crippen LogP contribution is -2.63. The van der Waals surface area contributed by atoms with Gasteiger partial charge in [0.25, 0.3) is 0 Å². The van der Waals surface area contributed by atoms with E-state index >= 15 is 0 Å². The number of hydrogen-bond donors (Lipinski definition) is 1. The van der Waals surface area contributed by atoms with Crippen molar-refractivity contribution in [1.29, 1.82) is 0 Å². The number of amides is 1. The highest BCUT2D eigenvalue weighted by Crippen LogP contribution is 2.41. The first-order valence-corrected chi connectivity index (χ1v) is 9.38. The van der Waals surface area contributed by atoms with Gasteiger partial charge in [0.15, 0.2) is 0 Å². The first-order chi connectivity index (χ1) is 12.6. The molecule has 136 valence electrons. The largest absolute Gasteiger partial charge is 0.336 e. The van der Waals surface area contributed by atoms with Crippen LogP contribution < -0.4 is 5.32 Å². The highest BCUT2D eigenvalue weighted by atomic mass is 16.2. The predicted octanol–water partition coefficient (Wildman–Crippen LogP) is 2.61. The molecule has 2 aliphatic rings. The number of nitrogens with zero attached hydrogens (tertiary/aromatic N) is 3. The van der Waals surface area contributed by atoms with Crippen LogP contribution in [0.1, 0.15) is 36.1 Å². The lowest BCUT2D eigenvalue weighted by atomic mass is 9.77. The number of hydrogen-bond acceptors (Lipinski definition) is 3. The van der Waals surface area contributed by atoms with Crippen molar-refractivity contribution in [3.8, 4) is 0 Å². The lowest BCUT2D eigenvalue weighted by Gasteiger charge is -2.47. The summed E-state index contributed by atoms with van der Waals surface area (Å²) in [6.45, 7) is 8.41. The summed E-state index contributed by atoms with van der Waals surface area (Å²) in [5, 5.41) is 8.52. The Bertz CT molecular complexity index is 813. The van der Waals surface area contributed by atoms with Crippen molar-refractivity contribution < 1.29 is 4.79 Å². The average Bonchev–Trinajstić information content (AvgIpc) is 3.20. The molecule has 3 heterocycles. The molecule has 0 bridgehead atoms. The molecule has 1 amide bonds. The number of carbonyl (C=O) groups excluding carboxylic acids is 1. The lowest BCUT2D eigenvalue weighted by molar-refractivity contribution is -0.131. The fraction of sp³-hybridized carbons (Fsp3) is 0.429. The van der Waals surface area contributed by atoms with E-state index in [1.54, 1.807) is 0 Å². The van der Waals surface area contributed by atoms with E-state index in [1.165, 1.54) is 11.1 Å². The molecule has 4 rings (SSSR count). The van der Waals surface area contributed by atoms with Gasteiger partial charge in [0.1, 0.15) is 0 Å². The Morgan fingerprint density at radius 2 is 2.19 bits per heavy atom. The molecular formula is C21H26N4O. The Morgan fingerprint density at radius 1 is 1.38 bits per heavy atom. The highest BCUT2D eigenvalue weighted by Gasteiger charge is 2.50. The Hall–Kier alpha value is -2.40. The molecule has 2 unspecified atom stereocenters. The van der Waals surface area contributed by atoms with Crippen LogP contribution >= 0.6 is 0 Å². The second-order valence-electron chi connectivity index (χ2n) is 7.34. The van der Waals surface area contributed by atoms with Gasteiger partial charge in [0.05, 0.1) is 23.8 Å². The number of piperazine rings is 1. The van der Waals surface area contributed by atoms with Gasteiger partial charge in [-0.1, -0.05) is 36.4 Å². The summed E-state index contributed by atoms with van der Waals surface area (Å²) in [4.78, 5) is 14.4. The number of fused-ring (bicyclic) bond motifs is 1. The maximum absolute atomic E-state index is 12.3. The number of aromatic nitrogens is 2. The predicted molar refractivity (Wildman–Crippen MR) is 102 cm³/mol. The van der Waals surface area contributed by atoms with Crippen LogP contribution in [-0.4, -0.2) is 39.7 Å². The third-order valence-electron chi connectivity index (χ3n) is 5.77. The van der Waals surface area contributed by atoms with E-state index in [1.807, 2.05) is 16.8 Å². The summed E-state index contributed by atoms with van der Waals surface area (Å²) < 4.78 is 2.02. The summed E-state index contributed by atoms with van der Waals surface area (Å²) >= 11 is 0. The van der Waals surface area contributed by atoms with Crippen molar-refractivity contribution in [2.24, 2.45) is 0 Å². The SMILES string of the molecule is C=CCC1(c2cn(Cc3ccccc3)nc2C)NCCN2C(=O)CCC21. The minimum absolute atomic E-state index is 0.176. The molecule has 2 fully saturated rings. The van der Waals surface area contributed by atoms with Gasteiger partial charge in [-0.25, -0.2) is 0 Å². The second-order valence-corrected chi connectivity index (χ2v) is 7.34. The van der Waals surface area contributed by atoms with E-state index in [0.717, 1.165) is 38.2 Å². The van der Waals surface area contributed by atoms with Crippen LogP contribution in [0.5, 0.6) is 0 Å². The summed E-state index contributed by atoms with van der Waals surface area (Å²) in [5.41, 5.74) is 3.16. The van der Waals surface area contributed by atoms with E-state index in [9.17, 15) is 4.79 Å². The van der Waals surface area contributed by atoms with Gasteiger partial charge in [-0.15, -0.1) is 6.58 Å². The van der Waals surface area contributed by atoms with E-state index in [2.05, 4.69) is 54.2 Å². The van der Waals surface area contributed by atoms with E-state index in [4.69, 9.17) is 5.10 Å². The van der Waals surface area contributed by atoms with Gasteiger partial charge in [-0.2, -0.15) is 5.10 Å². The highest BCUT2D eigenvalue weighted by molar-refractivity contribution is 5.79. The Balaban J connectivity index is 1.71.